The minimum atomic E-state index is -0.725. The molecule has 2 rings (SSSR count). The molecule has 1 amide bonds. The number of hydrogen-bond acceptors (Lipinski definition) is 2. The molecule has 0 aliphatic carbocycles. The lowest BCUT2D eigenvalue weighted by Gasteiger charge is -2.24. The fourth-order valence-corrected chi connectivity index (χ4v) is 2.36. The molecule has 5 heteroatoms. The molecule has 3 nitrogen and oxygen atoms in total. The van der Waals surface area contributed by atoms with E-state index in [4.69, 9.17) is 22.8 Å². The van der Waals surface area contributed by atoms with Gasteiger partial charge in [-0.3, -0.25) is 4.79 Å². The van der Waals surface area contributed by atoms with Crippen molar-refractivity contribution in [1.82, 2.24) is 4.90 Å². The Bertz CT molecular complexity index is 740. The van der Waals surface area contributed by atoms with E-state index in [1.165, 1.54) is 17.0 Å². The molecule has 0 radical (unpaired) electrons. The van der Waals surface area contributed by atoms with Gasteiger partial charge in [-0.25, -0.2) is 4.39 Å². The molecular formula is C19H17ClFNO2. The molecule has 0 fully saturated rings. The normalized spacial score (nSPS) is 11.4. The van der Waals surface area contributed by atoms with Gasteiger partial charge in [0.1, 0.15) is 11.6 Å². The second kappa shape index (κ2) is 8.37. The number of nitrogens with zero attached hydrogens (tertiary/aromatic N) is 1. The van der Waals surface area contributed by atoms with Gasteiger partial charge in [-0.15, -0.1) is 6.42 Å². The SMILES string of the molecule is C#CCN(Cc1ccc(F)cc1)C(=O)[C@@H](C)Oc1cccc(Cl)c1. The fraction of sp³-hybridized carbons (Fsp3) is 0.211. The maximum atomic E-state index is 13.0. The second-order valence-corrected chi connectivity index (χ2v) is 5.68. The lowest BCUT2D eigenvalue weighted by Crippen LogP contribution is -2.40. The molecular weight excluding hydrogens is 329 g/mol. The molecule has 0 N–H and O–H groups in total. The third-order valence-corrected chi connectivity index (χ3v) is 3.57. The Kier molecular flexibility index (Phi) is 6.22. The zero-order chi connectivity index (χ0) is 17.5. The van der Waals surface area contributed by atoms with Gasteiger partial charge >= 0.3 is 0 Å². The van der Waals surface area contributed by atoms with Crippen molar-refractivity contribution < 1.29 is 13.9 Å². The summed E-state index contributed by atoms with van der Waals surface area (Å²) in [6, 6.07) is 12.8. The van der Waals surface area contributed by atoms with E-state index >= 15 is 0 Å². The summed E-state index contributed by atoms with van der Waals surface area (Å²) in [6.07, 6.45) is 4.63. The smallest absolute Gasteiger partial charge is 0.264 e. The number of hydrogen-bond donors (Lipinski definition) is 0. The monoisotopic (exact) mass is 345 g/mol. The predicted molar refractivity (Wildman–Crippen MR) is 92.2 cm³/mol. The van der Waals surface area contributed by atoms with Crippen LogP contribution in [-0.4, -0.2) is 23.5 Å². The second-order valence-electron chi connectivity index (χ2n) is 5.24. The Morgan fingerprint density at radius 2 is 2.04 bits per heavy atom. The topological polar surface area (TPSA) is 29.5 Å². The summed E-state index contributed by atoms with van der Waals surface area (Å²) in [6.45, 7) is 2.07. The Morgan fingerprint density at radius 1 is 1.33 bits per heavy atom. The predicted octanol–water partition coefficient (Wildman–Crippen LogP) is 3.91. The Morgan fingerprint density at radius 3 is 2.67 bits per heavy atom. The Hall–Kier alpha value is -2.51. The van der Waals surface area contributed by atoms with Gasteiger partial charge in [0.05, 0.1) is 6.54 Å². The zero-order valence-electron chi connectivity index (χ0n) is 13.2. The maximum absolute atomic E-state index is 13.0. The molecule has 0 aliphatic rings. The van der Waals surface area contributed by atoms with Crippen LogP contribution in [0.5, 0.6) is 5.75 Å². The summed E-state index contributed by atoms with van der Waals surface area (Å²) in [5.74, 6) is 2.39. The largest absolute Gasteiger partial charge is 0.481 e. The number of ether oxygens (including phenoxy) is 1. The molecule has 124 valence electrons. The minimum absolute atomic E-state index is 0.138. The molecule has 2 aromatic carbocycles. The highest BCUT2D eigenvalue weighted by atomic mass is 35.5. The molecule has 0 aliphatic heterocycles. The van der Waals surface area contributed by atoms with E-state index in [9.17, 15) is 9.18 Å². The highest BCUT2D eigenvalue weighted by Gasteiger charge is 2.22. The summed E-state index contributed by atoms with van der Waals surface area (Å²) >= 11 is 5.91. The van der Waals surface area contributed by atoms with Gasteiger partial charge in [-0.05, 0) is 42.8 Å². The molecule has 0 aromatic heterocycles. The summed E-state index contributed by atoms with van der Waals surface area (Å²) in [4.78, 5) is 14.1. The van der Waals surface area contributed by atoms with E-state index in [2.05, 4.69) is 5.92 Å². The van der Waals surface area contributed by atoms with Crippen LogP contribution in [0.25, 0.3) is 0 Å². The highest BCUT2D eigenvalue weighted by molar-refractivity contribution is 6.30. The number of carbonyl (C=O) groups excluding carboxylic acids is 1. The Labute approximate surface area is 146 Å². The molecule has 0 spiro atoms. The number of halogens is 2. The molecule has 0 bridgehead atoms. The van der Waals surface area contributed by atoms with Crippen molar-refractivity contribution in [2.45, 2.75) is 19.6 Å². The van der Waals surface area contributed by atoms with E-state index in [0.717, 1.165) is 5.56 Å². The number of benzene rings is 2. The summed E-state index contributed by atoms with van der Waals surface area (Å²) in [7, 11) is 0. The summed E-state index contributed by atoms with van der Waals surface area (Å²) < 4.78 is 18.6. The number of rotatable bonds is 6. The number of amides is 1. The van der Waals surface area contributed by atoms with Gasteiger partial charge in [0.15, 0.2) is 6.10 Å². The van der Waals surface area contributed by atoms with Crippen LogP contribution in [0, 0.1) is 18.2 Å². The number of carbonyl (C=O) groups is 1. The average molecular weight is 346 g/mol. The average Bonchev–Trinajstić information content (AvgIpc) is 2.55. The molecule has 0 saturated heterocycles. The number of terminal acetylenes is 1. The van der Waals surface area contributed by atoms with Crippen molar-refractivity contribution in [2.24, 2.45) is 0 Å². The van der Waals surface area contributed by atoms with Crippen molar-refractivity contribution in [2.75, 3.05) is 6.54 Å². The van der Waals surface area contributed by atoms with Gasteiger partial charge in [-0.1, -0.05) is 35.7 Å². The van der Waals surface area contributed by atoms with Crippen LogP contribution >= 0.6 is 11.6 Å². The van der Waals surface area contributed by atoms with Crippen LogP contribution in [0.2, 0.25) is 5.02 Å². The van der Waals surface area contributed by atoms with Crippen molar-refractivity contribution >= 4 is 17.5 Å². The standard InChI is InChI=1S/C19H17ClFNO2/c1-3-11-22(13-15-7-9-17(21)10-8-15)19(23)14(2)24-18-6-4-5-16(20)12-18/h1,4-10,12,14H,11,13H2,2H3/t14-/m1/s1. The first kappa shape index (κ1) is 17.8. The van der Waals surface area contributed by atoms with Gasteiger partial charge in [-0.2, -0.15) is 0 Å². The quantitative estimate of drug-likeness (QED) is 0.743. The first-order valence-electron chi connectivity index (χ1n) is 7.38. The van der Waals surface area contributed by atoms with Crippen molar-refractivity contribution in [3.63, 3.8) is 0 Å². The third-order valence-electron chi connectivity index (χ3n) is 3.34. The van der Waals surface area contributed by atoms with Crippen LogP contribution < -0.4 is 4.74 Å². The highest BCUT2D eigenvalue weighted by Crippen LogP contribution is 2.19. The van der Waals surface area contributed by atoms with Crippen LogP contribution in [0.4, 0.5) is 4.39 Å². The lowest BCUT2D eigenvalue weighted by molar-refractivity contribution is -0.137. The molecule has 0 unspecified atom stereocenters. The van der Waals surface area contributed by atoms with Crippen molar-refractivity contribution in [3.8, 4) is 18.1 Å². The van der Waals surface area contributed by atoms with Crippen LogP contribution in [0.3, 0.4) is 0 Å². The molecule has 24 heavy (non-hydrogen) atoms. The fourth-order valence-electron chi connectivity index (χ4n) is 2.18. The van der Waals surface area contributed by atoms with Crippen LogP contribution in [0.15, 0.2) is 48.5 Å². The first-order valence-corrected chi connectivity index (χ1v) is 7.76. The van der Waals surface area contributed by atoms with Crippen LogP contribution in [0.1, 0.15) is 12.5 Å². The summed E-state index contributed by atoms with van der Waals surface area (Å²) in [5.41, 5.74) is 0.787. The third kappa shape index (κ3) is 5.00. The van der Waals surface area contributed by atoms with Crippen molar-refractivity contribution in [1.29, 1.82) is 0 Å². The first-order chi connectivity index (χ1) is 11.5. The van der Waals surface area contributed by atoms with Crippen molar-refractivity contribution in [3.05, 3.63) is 64.9 Å². The van der Waals surface area contributed by atoms with Crippen LogP contribution in [-0.2, 0) is 11.3 Å². The molecule has 0 saturated carbocycles. The molecule has 1 atom stereocenters. The minimum Gasteiger partial charge on any atom is -0.481 e. The zero-order valence-corrected chi connectivity index (χ0v) is 14.0. The molecule has 2 aromatic rings. The lowest BCUT2D eigenvalue weighted by atomic mass is 10.2. The van der Waals surface area contributed by atoms with Gasteiger partial charge in [0, 0.05) is 11.6 Å². The molecule has 0 heterocycles. The maximum Gasteiger partial charge on any atom is 0.264 e. The van der Waals surface area contributed by atoms with E-state index in [1.807, 2.05) is 0 Å². The Balaban J connectivity index is 2.07. The van der Waals surface area contributed by atoms with E-state index in [1.54, 1.807) is 43.3 Å². The van der Waals surface area contributed by atoms with Gasteiger partial charge < -0.3 is 9.64 Å². The van der Waals surface area contributed by atoms with Gasteiger partial charge in [0.25, 0.3) is 5.91 Å². The summed E-state index contributed by atoms with van der Waals surface area (Å²) in [5, 5.41) is 0.527. The van der Waals surface area contributed by atoms with E-state index < -0.39 is 6.10 Å². The van der Waals surface area contributed by atoms with Gasteiger partial charge in [0.2, 0.25) is 0 Å². The van der Waals surface area contributed by atoms with E-state index in [-0.39, 0.29) is 24.8 Å². The van der Waals surface area contributed by atoms with E-state index in [0.29, 0.717) is 10.8 Å².